The molecule has 0 bridgehead atoms. The van der Waals surface area contributed by atoms with Crippen molar-refractivity contribution < 1.29 is 89.4 Å². The van der Waals surface area contributed by atoms with Gasteiger partial charge in [-0.3, -0.25) is 4.79 Å². The highest BCUT2D eigenvalue weighted by atomic mass is 16.8. The van der Waals surface area contributed by atoms with E-state index in [2.05, 4.69) is 104 Å². The van der Waals surface area contributed by atoms with Crippen LogP contribution in [0, 0.1) is 0 Å². The molecule has 3 heterocycles. The summed E-state index contributed by atoms with van der Waals surface area (Å²) in [5, 5.41) is 120. The third-order valence-electron chi connectivity index (χ3n) is 17.1. The summed E-state index contributed by atoms with van der Waals surface area (Å²) in [6, 6.07) is -1.00. The fourth-order valence-electron chi connectivity index (χ4n) is 11.4. The lowest BCUT2D eigenvalue weighted by atomic mass is 9.96. The monoisotopic (exact) mass is 1300 g/mol. The Labute approximate surface area is 552 Å². The highest BCUT2D eigenvalue weighted by Crippen LogP contribution is 2.33. The number of unbranched alkanes of at least 4 members (excludes halogenated alkanes) is 23. The van der Waals surface area contributed by atoms with Crippen molar-refractivity contribution in [1.82, 2.24) is 5.32 Å². The largest absolute Gasteiger partial charge is 0.394 e. The number of allylic oxidation sites excluding steroid dienone is 15. The maximum atomic E-state index is 13.4. The normalized spacial score (nSPS) is 28.3. The van der Waals surface area contributed by atoms with E-state index in [4.69, 9.17) is 28.4 Å². The molecule has 12 N–H and O–H groups in total. The van der Waals surface area contributed by atoms with Crippen LogP contribution in [0.4, 0.5) is 0 Å². The average molecular weight is 1300 g/mol. The Balaban J connectivity index is 1.37. The van der Waals surface area contributed by atoms with Crippen molar-refractivity contribution in [3.05, 3.63) is 97.2 Å². The first-order valence-corrected chi connectivity index (χ1v) is 35.5. The van der Waals surface area contributed by atoms with Gasteiger partial charge in [0.15, 0.2) is 18.9 Å². The molecule has 17 atom stereocenters. The molecule has 17 unspecified atom stereocenters. The van der Waals surface area contributed by atoms with E-state index >= 15 is 0 Å². The summed E-state index contributed by atoms with van der Waals surface area (Å²) in [6.45, 7) is 1.56. The highest BCUT2D eigenvalue weighted by Gasteiger charge is 2.53. The van der Waals surface area contributed by atoms with E-state index in [-0.39, 0.29) is 18.9 Å². The zero-order valence-electron chi connectivity index (χ0n) is 56.0. The summed E-state index contributed by atoms with van der Waals surface area (Å²) in [5.74, 6) is -0.292. The number of ether oxygens (including phenoxy) is 6. The van der Waals surface area contributed by atoms with Gasteiger partial charge in [0.05, 0.1) is 38.6 Å². The van der Waals surface area contributed by atoms with Crippen molar-refractivity contribution in [2.75, 3.05) is 26.4 Å². The van der Waals surface area contributed by atoms with Gasteiger partial charge in [0.1, 0.15) is 73.2 Å². The predicted octanol–water partition coefficient (Wildman–Crippen LogP) is 9.66. The number of carbonyl (C=O) groups is 1. The van der Waals surface area contributed by atoms with Gasteiger partial charge in [-0.1, -0.05) is 227 Å². The third-order valence-corrected chi connectivity index (χ3v) is 17.1. The molecule has 0 aromatic rings. The van der Waals surface area contributed by atoms with Crippen molar-refractivity contribution in [3.63, 3.8) is 0 Å². The van der Waals surface area contributed by atoms with Crippen LogP contribution in [0.5, 0.6) is 0 Å². The number of aliphatic hydroxyl groups is 11. The molecule has 0 radical (unpaired) electrons. The van der Waals surface area contributed by atoms with Gasteiger partial charge in [-0.05, 0) is 89.9 Å². The lowest BCUT2D eigenvalue weighted by Crippen LogP contribution is -2.66. The van der Waals surface area contributed by atoms with E-state index in [9.17, 15) is 61.0 Å². The molecular weight excluding hydrogens is 1180 g/mol. The summed E-state index contributed by atoms with van der Waals surface area (Å²) >= 11 is 0. The maximum Gasteiger partial charge on any atom is 0.220 e. The van der Waals surface area contributed by atoms with Crippen LogP contribution < -0.4 is 5.32 Å². The van der Waals surface area contributed by atoms with E-state index in [1.807, 2.05) is 6.08 Å². The smallest absolute Gasteiger partial charge is 0.220 e. The number of amides is 1. The van der Waals surface area contributed by atoms with E-state index in [0.29, 0.717) is 12.8 Å². The summed E-state index contributed by atoms with van der Waals surface area (Å²) in [6.07, 6.45) is 44.0. The molecule has 3 rings (SSSR count). The summed E-state index contributed by atoms with van der Waals surface area (Å²) < 4.78 is 34.3. The van der Waals surface area contributed by atoms with Crippen LogP contribution >= 0.6 is 0 Å². The Kier molecular flexibility index (Phi) is 48.5. The first-order chi connectivity index (χ1) is 44.8. The van der Waals surface area contributed by atoms with Crippen LogP contribution in [0.1, 0.15) is 226 Å². The minimum absolute atomic E-state index is 0.228. The van der Waals surface area contributed by atoms with Gasteiger partial charge < -0.3 is 89.9 Å². The second-order valence-electron chi connectivity index (χ2n) is 24.9. The van der Waals surface area contributed by atoms with Crippen LogP contribution in [0.2, 0.25) is 0 Å². The van der Waals surface area contributed by atoms with E-state index < -0.39 is 124 Å². The minimum Gasteiger partial charge on any atom is -0.394 e. The molecule has 0 saturated carbocycles. The van der Waals surface area contributed by atoms with Crippen molar-refractivity contribution in [3.8, 4) is 0 Å². The molecule has 0 aromatic carbocycles. The van der Waals surface area contributed by atoms with E-state index in [1.165, 1.54) is 116 Å². The predicted molar refractivity (Wildman–Crippen MR) is 360 cm³/mol. The van der Waals surface area contributed by atoms with Gasteiger partial charge in [-0.25, -0.2) is 0 Å². The molecular formula is C73H125NO18. The van der Waals surface area contributed by atoms with Gasteiger partial charge in [0.25, 0.3) is 0 Å². The molecule has 530 valence electrons. The number of aliphatic hydroxyl groups excluding tert-OH is 11. The minimum atomic E-state index is -1.99. The summed E-state index contributed by atoms with van der Waals surface area (Å²) in [4.78, 5) is 13.4. The van der Waals surface area contributed by atoms with Gasteiger partial charge in [-0.2, -0.15) is 0 Å². The molecule has 92 heavy (non-hydrogen) atoms. The van der Waals surface area contributed by atoms with Crippen molar-refractivity contribution in [2.45, 2.75) is 330 Å². The van der Waals surface area contributed by atoms with Gasteiger partial charge in [0.2, 0.25) is 5.91 Å². The molecule has 3 aliphatic rings. The molecule has 0 aromatic heterocycles. The van der Waals surface area contributed by atoms with Crippen LogP contribution in [0.25, 0.3) is 0 Å². The zero-order chi connectivity index (χ0) is 66.8. The fraction of sp³-hybridized carbons (Fsp3) is 0.767. The Morgan fingerprint density at radius 1 is 0.402 bits per heavy atom. The Morgan fingerprint density at radius 3 is 1.22 bits per heavy atom. The van der Waals surface area contributed by atoms with Crippen molar-refractivity contribution in [2.24, 2.45) is 0 Å². The molecule has 1 amide bonds. The zero-order valence-corrected chi connectivity index (χ0v) is 56.0. The van der Waals surface area contributed by atoms with Crippen LogP contribution in [-0.4, -0.2) is 193 Å². The second-order valence-corrected chi connectivity index (χ2v) is 24.9. The average Bonchev–Trinajstić information content (AvgIpc) is 0.840. The lowest BCUT2D eigenvalue weighted by Gasteiger charge is -2.48. The molecule has 3 fully saturated rings. The van der Waals surface area contributed by atoms with Crippen molar-refractivity contribution in [1.29, 1.82) is 0 Å². The first kappa shape index (κ1) is 82.9. The van der Waals surface area contributed by atoms with E-state index in [1.54, 1.807) is 6.08 Å². The van der Waals surface area contributed by atoms with Gasteiger partial charge >= 0.3 is 0 Å². The van der Waals surface area contributed by atoms with Crippen molar-refractivity contribution >= 4 is 5.91 Å². The number of hydrogen-bond donors (Lipinski definition) is 12. The Hall–Kier alpha value is -3.29. The Morgan fingerprint density at radius 2 is 0.761 bits per heavy atom. The second kappa shape index (κ2) is 53.8. The lowest BCUT2D eigenvalue weighted by molar-refractivity contribution is -0.379. The van der Waals surface area contributed by atoms with Crippen LogP contribution in [0.3, 0.4) is 0 Å². The standard InChI is InChI=1S/C73H125NO18/c1-3-5-7-9-11-13-15-17-19-20-21-22-23-24-25-26-27-28-29-30-31-32-33-34-35-36-37-39-41-43-45-47-49-51-61(79)74-56(57(78)50-48-46-44-42-40-38-18-16-14-12-10-8-6-4-2)55-87-71-67(85)64(82)69(59(53-76)89-71)92-73-68(86)65(83)70(60(54-77)90-73)91-72-66(84)63(81)62(80)58(52-75)88-72/h5,7,11,13-14,16-17,19,21-22,24-25,40,42,48,50,56-60,62-73,75-78,80-86H,3-4,6,8-10,12,15,18,20,23,26-39,41,43-47,49,51-55H2,1-2H3,(H,74,79)/b7-5-,13-11-,16-14+,19-17-,22-21-,25-24-,42-40+,50-48+. The summed E-state index contributed by atoms with van der Waals surface area (Å²) in [7, 11) is 0. The number of carbonyl (C=O) groups excluding carboxylic acids is 1. The third kappa shape index (κ3) is 35.1. The maximum absolute atomic E-state index is 13.4. The molecule has 3 aliphatic heterocycles. The van der Waals surface area contributed by atoms with Gasteiger partial charge in [-0.15, -0.1) is 0 Å². The van der Waals surface area contributed by atoms with Crippen LogP contribution in [0.15, 0.2) is 97.2 Å². The quantitative estimate of drug-likeness (QED) is 0.0199. The number of hydrogen-bond acceptors (Lipinski definition) is 18. The summed E-state index contributed by atoms with van der Waals surface area (Å²) in [5.41, 5.74) is 0. The molecule has 19 nitrogen and oxygen atoms in total. The van der Waals surface area contributed by atoms with E-state index in [0.717, 1.165) is 77.0 Å². The fourth-order valence-corrected chi connectivity index (χ4v) is 11.4. The highest BCUT2D eigenvalue weighted by molar-refractivity contribution is 5.76. The van der Waals surface area contributed by atoms with Crippen LogP contribution in [-0.2, 0) is 33.2 Å². The topological polar surface area (TPSA) is 307 Å². The first-order valence-electron chi connectivity index (χ1n) is 35.5. The number of nitrogens with one attached hydrogen (secondary N) is 1. The SMILES string of the molecule is CC/C=C\C/C=C\C/C=C\C/C=C\C/C=C\CCCCCCCCCCCCCCCCCCCC(=O)NC(COC1OC(CO)C(OC2OC(CO)C(OC3OC(CO)C(O)C(O)C3O)C(O)C2O)C(O)C1O)C(O)/C=C/CC/C=C/CC/C=C/CCCCCC. The molecule has 3 saturated heterocycles. The molecule has 0 spiro atoms. The molecule has 0 aliphatic carbocycles. The van der Waals surface area contributed by atoms with Gasteiger partial charge in [0, 0.05) is 6.42 Å². The molecule has 19 heteroatoms. The Bertz CT molecular complexity index is 2040. The number of rotatable bonds is 53.